The molecule has 0 aliphatic heterocycles. The van der Waals surface area contributed by atoms with Crippen molar-refractivity contribution in [2.24, 2.45) is 0 Å². The van der Waals surface area contributed by atoms with Crippen LogP contribution in [0.5, 0.6) is 0 Å². The first kappa shape index (κ1) is 8.99. The number of hydrogen-bond acceptors (Lipinski definition) is 4. The van der Waals surface area contributed by atoms with Crippen LogP contribution in [0.3, 0.4) is 0 Å². The van der Waals surface area contributed by atoms with Gasteiger partial charge in [-0.25, -0.2) is 0 Å². The fraction of sp³-hybridized carbons (Fsp3) is 0.714. The molecule has 0 saturated heterocycles. The molecule has 0 aromatic carbocycles. The molecule has 5 nitrogen and oxygen atoms in total. The quantitative estimate of drug-likeness (QED) is 0.719. The number of anilines is 1. The molecule has 1 unspecified atom stereocenters. The van der Waals surface area contributed by atoms with Crippen molar-refractivity contribution in [3.05, 3.63) is 6.20 Å². The molecule has 0 aliphatic rings. The Morgan fingerprint density at radius 1 is 1.75 bits per heavy atom. The highest BCUT2D eigenvalue weighted by atomic mass is 16.5. The Morgan fingerprint density at radius 3 is 3.00 bits per heavy atom. The summed E-state index contributed by atoms with van der Waals surface area (Å²) in [6.45, 7) is 4.44. The number of hydrogen-bond donors (Lipinski definition) is 1. The molecular formula is C7H14N4O. The summed E-state index contributed by atoms with van der Waals surface area (Å²) in [6, 6.07) is 0. The van der Waals surface area contributed by atoms with Gasteiger partial charge in [0.05, 0.1) is 12.3 Å². The van der Waals surface area contributed by atoms with Gasteiger partial charge in [-0.3, -0.25) is 0 Å². The van der Waals surface area contributed by atoms with Crippen molar-refractivity contribution in [1.82, 2.24) is 15.0 Å². The maximum Gasteiger partial charge on any atom is 0.166 e. The van der Waals surface area contributed by atoms with Crippen LogP contribution >= 0.6 is 0 Å². The van der Waals surface area contributed by atoms with Crippen molar-refractivity contribution >= 4 is 5.82 Å². The molecule has 0 bridgehead atoms. The molecule has 1 rings (SSSR count). The second kappa shape index (κ2) is 4.06. The van der Waals surface area contributed by atoms with E-state index in [4.69, 9.17) is 10.5 Å². The number of nitrogens with zero attached hydrogens (tertiary/aromatic N) is 3. The summed E-state index contributed by atoms with van der Waals surface area (Å²) >= 11 is 0. The summed E-state index contributed by atoms with van der Waals surface area (Å²) in [6.07, 6.45) is 2.72. The standard InChI is InChI=1S/C7H14N4O/c1-3-6(2)12-5-11-9-4-7(8)10-11/h4,6H,3,5H2,1-2H3,(H2,8,10). The fourth-order valence-electron chi connectivity index (χ4n) is 0.685. The normalized spacial score (nSPS) is 13.2. The lowest BCUT2D eigenvalue weighted by Gasteiger charge is -2.08. The van der Waals surface area contributed by atoms with E-state index in [1.807, 2.05) is 6.92 Å². The summed E-state index contributed by atoms with van der Waals surface area (Å²) in [7, 11) is 0. The molecule has 5 heteroatoms. The van der Waals surface area contributed by atoms with Crippen LogP contribution in [-0.2, 0) is 11.5 Å². The highest BCUT2D eigenvalue weighted by Gasteiger charge is 2.00. The number of aromatic nitrogens is 3. The van der Waals surface area contributed by atoms with Gasteiger partial charge in [-0.1, -0.05) is 6.92 Å². The highest BCUT2D eigenvalue weighted by molar-refractivity contribution is 5.19. The van der Waals surface area contributed by atoms with Crippen molar-refractivity contribution < 1.29 is 4.74 Å². The van der Waals surface area contributed by atoms with Gasteiger partial charge in [0.15, 0.2) is 12.5 Å². The van der Waals surface area contributed by atoms with E-state index in [0.717, 1.165) is 6.42 Å². The molecule has 0 spiro atoms. The summed E-state index contributed by atoms with van der Waals surface area (Å²) < 4.78 is 5.37. The van der Waals surface area contributed by atoms with Gasteiger partial charge in [0.1, 0.15) is 0 Å². The number of ether oxygens (including phenoxy) is 1. The van der Waals surface area contributed by atoms with Gasteiger partial charge in [0.2, 0.25) is 0 Å². The van der Waals surface area contributed by atoms with Crippen LogP contribution < -0.4 is 5.73 Å². The van der Waals surface area contributed by atoms with Crippen LogP contribution in [0.2, 0.25) is 0 Å². The van der Waals surface area contributed by atoms with Crippen LogP contribution in [0.4, 0.5) is 5.82 Å². The molecule has 0 amide bonds. The predicted octanol–water partition coefficient (Wildman–Crippen LogP) is 0.633. The fourth-order valence-corrected chi connectivity index (χ4v) is 0.685. The molecule has 0 saturated carbocycles. The summed E-state index contributed by atoms with van der Waals surface area (Å²) in [5.74, 6) is 0.419. The van der Waals surface area contributed by atoms with Crippen molar-refractivity contribution in [2.75, 3.05) is 5.73 Å². The molecule has 68 valence electrons. The van der Waals surface area contributed by atoms with E-state index in [0.29, 0.717) is 12.5 Å². The van der Waals surface area contributed by atoms with Crippen LogP contribution in [0.25, 0.3) is 0 Å². The van der Waals surface area contributed by atoms with Crippen LogP contribution in [-0.4, -0.2) is 21.1 Å². The lowest BCUT2D eigenvalue weighted by Crippen LogP contribution is -2.12. The second-order valence-corrected chi connectivity index (χ2v) is 2.66. The van der Waals surface area contributed by atoms with Gasteiger partial charge in [-0.15, -0.1) is 5.10 Å². The van der Waals surface area contributed by atoms with Gasteiger partial charge in [0, 0.05) is 0 Å². The minimum Gasteiger partial charge on any atom is -0.381 e. The van der Waals surface area contributed by atoms with Crippen molar-refractivity contribution in [3.8, 4) is 0 Å². The lowest BCUT2D eigenvalue weighted by molar-refractivity contribution is 0.00284. The van der Waals surface area contributed by atoms with Crippen molar-refractivity contribution in [3.63, 3.8) is 0 Å². The lowest BCUT2D eigenvalue weighted by atomic mass is 10.3. The molecular weight excluding hydrogens is 156 g/mol. The Hall–Kier alpha value is -1.10. The first-order chi connectivity index (χ1) is 5.72. The molecule has 1 heterocycles. The maximum absolute atomic E-state index is 5.37. The van der Waals surface area contributed by atoms with E-state index in [9.17, 15) is 0 Å². The summed E-state index contributed by atoms with van der Waals surface area (Å²) in [4.78, 5) is 1.43. The van der Waals surface area contributed by atoms with E-state index in [-0.39, 0.29) is 6.10 Å². The SMILES string of the molecule is CCC(C)OCn1ncc(N)n1. The van der Waals surface area contributed by atoms with Crippen LogP contribution in [0.1, 0.15) is 20.3 Å². The van der Waals surface area contributed by atoms with E-state index >= 15 is 0 Å². The first-order valence-corrected chi connectivity index (χ1v) is 3.99. The predicted molar refractivity (Wildman–Crippen MR) is 45.3 cm³/mol. The molecule has 0 radical (unpaired) electrons. The zero-order valence-corrected chi connectivity index (χ0v) is 7.40. The van der Waals surface area contributed by atoms with E-state index in [1.54, 1.807) is 0 Å². The number of rotatable bonds is 4. The van der Waals surface area contributed by atoms with Crippen LogP contribution in [0, 0.1) is 0 Å². The van der Waals surface area contributed by atoms with Gasteiger partial charge in [0.25, 0.3) is 0 Å². The zero-order valence-electron chi connectivity index (χ0n) is 7.40. The Labute approximate surface area is 71.5 Å². The average Bonchev–Trinajstić information content (AvgIpc) is 2.47. The third-order valence-corrected chi connectivity index (χ3v) is 1.60. The zero-order chi connectivity index (χ0) is 8.97. The van der Waals surface area contributed by atoms with E-state index < -0.39 is 0 Å². The van der Waals surface area contributed by atoms with Gasteiger partial charge in [-0.2, -0.15) is 9.90 Å². The molecule has 1 atom stereocenters. The van der Waals surface area contributed by atoms with Crippen LogP contribution in [0.15, 0.2) is 6.20 Å². The molecule has 12 heavy (non-hydrogen) atoms. The minimum atomic E-state index is 0.234. The molecule has 1 aromatic rings. The average molecular weight is 170 g/mol. The van der Waals surface area contributed by atoms with E-state index in [2.05, 4.69) is 17.1 Å². The first-order valence-electron chi connectivity index (χ1n) is 3.99. The Bertz CT molecular complexity index is 235. The summed E-state index contributed by atoms with van der Waals surface area (Å²) in [5, 5.41) is 7.75. The minimum absolute atomic E-state index is 0.234. The number of nitrogen functional groups attached to an aromatic ring is 1. The highest BCUT2D eigenvalue weighted by Crippen LogP contribution is 1.97. The molecule has 2 N–H and O–H groups in total. The third-order valence-electron chi connectivity index (χ3n) is 1.60. The molecule has 0 aliphatic carbocycles. The smallest absolute Gasteiger partial charge is 0.166 e. The van der Waals surface area contributed by atoms with E-state index in [1.165, 1.54) is 11.0 Å². The van der Waals surface area contributed by atoms with Crippen molar-refractivity contribution in [1.29, 1.82) is 0 Å². The monoisotopic (exact) mass is 170 g/mol. The second-order valence-electron chi connectivity index (χ2n) is 2.66. The van der Waals surface area contributed by atoms with Gasteiger partial charge < -0.3 is 10.5 Å². The maximum atomic E-state index is 5.37. The Morgan fingerprint density at radius 2 is 2.50 bits per heavy atom. The topological polar surface area (TPSA) is 66.0 Å². The largest absolute Gasteiger partial charge is 0.381 e. The van der Waals surface area contributed by atoms with Crippen molar-refractivity contribution in [2.45, 2.75) is 33.1 Å². The third kappa shape index (κ3) is 2.50. The Kier molecular flexibility index (Phi) is 3.04. The number of nitrogens with two attached hydrogens (primary N) is 1. The molecule has 1 aromatic heterocycles. The summed E-state index contributed by atoms with van der Waals surface area (Å²) in [5.41, 5.74) is 5.37. The van der Waals surface area contributed by atoms with Gasteiger partial charge >= 0.3 is 0 Å². The van der Waals surface area contributed by atoms with Gasteiger partial charge in [-0.05, 0) is 13.3 Å². The molecule has 0 fully saturated rings. The Balaban J connectivity index is 2.33.